The van der Waals surface area contributed by atoms with Crippen molar-refractivity contribution < 1.29 is 23.7 Å². The highest BCUT2D eigenvalue weighted by molar-refractivity contribution is 5.09. The number of allylic oxidation sites excluding steroid dienone is 3. The third-order valence-electron chi connectivity index (χ3n) is 6.13. The van der Waals surface area contributed by atoms with Gasteiger partial charge in [0.25, 0.3) is 0 Å². The van der Waals surface area contributed by atoms with Crippen molar-refractivity contribution in [3.8, 4) is 0 Å². The quantitative estimate of drug-likeness (QED) is 0.688. The number of ether oxygens (including phenoxy) is 5. The van der Waals surface area contributed by atoms with Crippen molar-refractivity contribution in [1.82, 2.24) is 0 Å². The average Bonchev–Trinajstić information content (AvgIpc) is 3.03. The Morgan fingerprint density at radius 3 is 2.40 bits per heavy atom. The Morgan fingerprint density at radius 1 is 1.04 bits per heavy atom. The minimum absolute atomic E-state index is 0.115. The molecule has 0 radical (unpaired) electrons. The predicted molar refractivity (Wildman–Crippen MR) is 95.3 cm³/mol. The first-order valence-corrected chi connectivity index (χ1v) is 9.31. The Hall–Kier alpha value is -0.720. The molecule has 1 saturated heterocycles. The van der Waals surface area contributed by atoms with Crippen LogP contribution in [-0.4, -0.2) is 58.1 Å². The number of hydrogen-bond acceptors (Lipinski definition) is 5. The second-order valence-corrected chi connectivity index (χ2v) is 7.43. The molecule has 3 aliphatic rings. The van der Waals surface area contributed by atoms with Gasteiger partial charge in [0.15, 0.2) is 6.29 Å². The summed E-state index contributed by atoms with van der Waals surface area (Å²) in [5, 5.41) is 0. The van der Waals surface area contributed by atoms with Crippen LogP contribution in [0.3, 0.4) is 0 Å². The maximum Gasteiger partial charge on any atom is 0.187 e. The van der Waals surface area contributed by atoms with Gasteiger partial charge in [-0.3, -0.25) is 0 Å². The standard InChI is InChI=1S/C20H32O5/c1-6-13-8-7-9-14-10-15(11-16(13)14)25-20-19(23-5)18(22-4)17(21-3)12(2)24-20/h6-7,9,12-20H,1,8,10-11H2,2-5H3/t12?,13-,14-,15-,16+,17?,18?,19?,20?/m1/s1. The first-order chi connectivity index (χ1) is 12.1. The lowest BCUT2D eigenvalue weighted by Gasteiger charge is -2.44. The predicted octanol–water partition coefficient (Wildman–Crippen LogP) is 2.95. The van der Waals surface area contributed by atoms with Gasteiger partial charge in [-0.15, -0.1) is 6.58 Å². The molecule has 25 heavy (non-hydrogen) atoms. The Morgan fingerprint density at radius 2 is 1.76 bits per heavy atom. The van der Waals surface area contributed by atoms with Gasteiger partial charge in [0, 0.05) is 21.3 Å². The molecule has 1 aliphatic heterocycles. The summed E-state index contributed by atoms with van der Waals surface area (Å²) in [4.78, 5) is 0. The molecule has 0 N–H and O–H groups in total. The normalized spacial score (nSPS) is 46.8. The van der Waals surface area contributed by atoms with Crippen molar-refractivity contribution in [2.45, 2.75) is 63.0 Å². The van der Waals surface area contributed by atoms with Gasteiger partial charge in [0.2, 0.25) is 0 Å². The van der Waals surface area contributed by atoms with Crippen molar-refractivity contribution in [3.63, 3.8) is 0 Å². The van der Waals surface area contributed by atoms with Gasteiger partial charge < -0.3 is 23.7 Å². The monoisotopic (exact) mass is 352 g/mol. The summed E-state index contributed by atoms with van der Waals surface area (Å²) in [6.45, 7) is 6.00. The van der Waals surface area contributed by atoms with Gasteiger partial charge in [-0.05, 0) is 43.9 Å². The van der Waals surface area contributed by atoms with Crippen LogP contribution in [0.4, 0.5) is 0 Å². The van der Waals surface area contributed by atoms with Crippen LogP contribution in [0, 0.1) is 17.8 Å². The molecule has 9 atom stereocenters. The Labute approximate surface area is 151 Å². The van der Waals surface area contributed by atoms with Gasteiger partial charge in [0.1, 0.15) is 18.3 Å². The summed E-state index contributed by atoms with van der Waals surface area (Å²) in [6.07, 6.45) is 8.84. The third-order valence-corrected chi connectivity index (χ3v) is 6.13. The molecule has 5 nitrogen and oxygen atoms in total. The molecule has 2 aliphatic carbocycles. The van der Waals surface area contributed by atoms with E-state index in [9.17, 15) is 0 Å². The number of rotatable bonds is 6. The molecule has 142 valence electrons. The molecule has 0 spiro atoms. The van der Waals surface area contributed by atoms with Crippen molar-refractivity contribution in [2.24, 2.45) is 17.8 Å². The first-order valence-electron chi connectivity index (χ1n) is 9.31. The maximum absolute atomic E-state index is 6.38. The molecule has 0 aromatic rings. The van der Waals surface area contributed by atoms with Crippen LogP contribution in [0.5, 0.6) is 0 Å². The molecule has 0 bridgehead atoms. The van der Waals surface area contributed by atoms with Gasteiger partial charge in [-0.25, -0.2) is 0 Å². The van der Waals surface area contributed by atoms with E-state index in [0.717, 1.165) is 19.3 Å². The zero-order valence-corrected chi connectivity index (χ0v) is 15.8. The van der Waals surface area contributed by atoms with E-state index in [4.69, 9.17) is 23.7 Å². The van der Waals surface area contributed by atoms with E-state index in [1.165, 1.54) is 0 Å². The fourth-order valence-corrected chi connectivity index (χ4v) is 4.85. The van der Waals surface area contributed by atoms with Gasteiger partial charge in [-0.1, -0.05) is 18.2 Å². The van der Waals surface area contributed by atoms with E-state index >= 15 is 0 Å². The number of methoxy groups -OCH3 is 3. The SMILES string of the molecule is C=C[C@@H]1CC=C[C@@H]2C[C@@H](OC3OC(C)C(OC)C(OC)C3OC)C[C@@H]12. The molecule has 0 aromatic carbocycles. The largest absolute Gasteiger partial charge is 0.376 e. The molecular weight excluding hydrogens is 320 g/mol. The van der Waals surface area contributed by atoms with Gasteiger partial charge in [-0.2, -0.15) is 0 Å². The Bertz CT molecular complexity index is 479. The van der Waals surface area contributed by atoms with E-state index < -0.39 is 6.29 Å². The summed E-state index contributed by atoms with van der Waals surface area (Å²) in [5.41, 5.74) is 0. The Kier molecular flexibility index (Phi) is 6.34. The first kappa shape index (κ1) is 19.1. The highest BCUT2D eigenvalue weighted by Crippen LogP contribution is 2.44. The van der Waals surface area contributed by atoms with Crippen LogP contribution in [-0.2, 0) is 23.7 Å². The fourth-order valence-electron chi connectivity index (χ4n) is 4.85. The smallest absolute Gasteiger partial charge is 0.187 e. The highest BCUT2D eigenvalue weighted by Gasteiger charge is 2.48. The lowest BCUT2D eigenvalue weighted by Crippen LogP contribution is -2.59. The molecule has 2 fully saturated rings. The van der Waals surface area contributed by atoms with Crippen LogP contribution in [0.2, 0.25) is 0 Å². The summed E-state index contributed by atoms with van der Waals surface area (Å²) in [5.74, 6) is 1.76. The summed E-state index contributed by atoms with van der Waals surface area (Å²) in [7, 11) is 5.03. The second-order valence-electron chi connectivity index (χ2n) is 7.43. The summed E-state index contributed by atoms with van der Waals surface area (Å²) in [6, 6.07) is 0. The van der Waals surface area contributed by atoms with Crippen molar-refractivity contribution in [1.29, 1.82) is 0 Å². The molecule has 1 heterocycles. The molecule has 0 amide bonds. The molecule has 5 unspecified atom stereocenters. The fraction of sp³-hybridized carbons (Fsp3) is 0.800. The number of fused-ring (bicyclic) bond motifs is 1. The minimum Gasteiger partial charge on any atom is -0.376 e. The van der Waals surface area contributed by atoms with Crippen molar-refractivity contribution >= 4 is 0 Å². The second kappa shape index (κ2) is 8.31. The zero-order chi connectivity index (χ0) is 18.0. The zero-order valence-electron chi connectivity index (χ0n) is 15.8. The van der Waals surface area contributed by atoms with E-state index in [2.05, 4.69) is 24.8 Å². The topological polar surface area (TPSA) is 46.2 Å². The van der Waals surface area contributed by atoms with Crippen LogP contribution in [0.15, 0.2) is 24.8 Å². The van der Waals surface area contributed by atoms with Gasteiger partial charge in [0.05, 0.1) is 12.2 Å². The van der Waals surface area contributed by atoms with Crippen LogP contribution in [0.1, 0.15) is 26.2 Å². The summed E-state index contributed by atoms with van der Waals surface area (Å²) >= 11 is 0. The van der Waals surface area contributed by atoms with E-state index in [1.807, 2.05) is 6.92 Å². The van der Waals surface area contributed by atoms with E-state index in [-0.39, 0.29) is 30.5 Å². The molecule has 1 saturated carbocycles. The maximum atomic E-state index is 6.38. The molecule has 5 heteroatoms. The average molecular weight is 352 g/mol. The molecular formula is C20H32O5. The van der Waals surface area contributed by atoms with Crippen LogP contribution >= 0.6 is 0 Å². The minimum atomic E-state index is -0.437. The molecule has 0 aromatic heterocycles. The highest BCUT2D eigenvalue weighted by atomic mass is 16.7. The summed E-state index contributed by atoms with van der Waals surface area (Å²) < 4.78 is 29.4. The lowest BCUT2D eigenvalue weighted by atomic mass is 9.78. The molecule has 3 rings (SSSR count). The van der Waals surface area contributed by atoms with Crippen LogP contribution in [0.25, 0.3) is 0 Å². The van der Waals surface area contributed by atoms with Gasteiger partial charge >= 0.3 is 0 Å². The Balaban J connectivity index is 1.67. The van der Waals surface area contributed by atoms with Crippen LogP contribution < -0.4 is 0 Å². The van der Waals surface area contributed by atoms with Crippen molar-refractivity contribution in [3.05, 3.63) is 24.8 Å². The van der Waals surface area contributed by atoms with Crippen molar-refractivity contribution in [2.75, 3.05) is 21.3 Å². The van der Waals surface area contributed by atoms with E-state index in [0.29, 0.717) is 17.8 Å². The number of hydrogen-bond donors (Lipinski definition) is 0. The third kappa shape index (κ3) is 3.71. The van der Waals surface area contributed by atoms with E-state index in [1.54, 1.807) is 21.3 Å². The lowest BCUT2D eigenvalue weighted by molar-refractivity contribution is -0.314.